The van der Waals surface area contributed by atoms with Gasteiger partial charge in [0.05, 0.1) is 24.4 Å². The van der Waals surface area contributed by atoms with Crippen LogP contribution in [0.1, 0.15) is 43.2 Å². The molecule has 1 saturated carbocycles. The Hall–Kier alpha value is -0.650. The van der Waals surface area contributed by atoms with Crippen LogP contribution >= 0.6 is 11.3 Å². The maximum atomic E-state index is 5.96. The summed E-state index contributed by atoms with van der Waals surface area (Å²) in [5.74, 6) is 0. The molecule has 1 aromatic heterocycles. The first-order chi connectivity index (χ1) is 9.79. The van der Waals surface area contributed by atoms with E-state index in [9.17, 15) is 0 Å². The van der Waals surface area contributed by atoms with Gasteiger partial charge in [-0.1, -0.05) is 19.8 Å². The van der Waals surface area contributed by atoms with Crippen molar-refractivity contribution in [2.24, 2.45) is 0 Å². The lowest BCUT2D eigenvalue weighted by Gasteiger charge is -2.43. The number of hydrogen-bond acceptors (Lipinski definition) is 5. The smallest absolute Gasteiger partial charge is 0.186 e. The van der Waals surface area contributed by atoms with E-state index in [0.29, 0.717) is 12.1 Å². The Bertz CT molecular complexity index is 446. The lowest BCUT2D eigenvalue weighted by Crippen LogP contribution is -2.52. The fourth-order valence-electron chi connectivity index (χ4n) is 3.27. The van der Waals surface area contributed by atoms with Gasteiger partial charge in [-0.15, -0.1) is 11.3 Å². The standard InChI is InChI=1S/C15H25N3OS/c1-3-16-10-14-11(2)17-15(20-14)18-8-9-19-13-7-5-4-6-12(13)18/h12-13,16H,3-10H2,1-2H3. The quantitative estimate of drug-likeness (QED) is 0.927. The third-order valence-corrected chi connectivity index (χ3v) is 5.59. The molecule has 1 saturated heterocycles. The highest BCUT2D eigenvalue weighted by molar-refractivity contribution is 7.15. The molecule has 1 aliphatic carbocycles. The van der Waals surface area contributed by atoms with Gasteiger partial charge in [-0.3, -0.25) is 0 Å². The van der Waals surface area contributed by atoms with Gasteiger partial charge < -0.3 is 15.0 Å². The molecule has 2 aliphatic rings. The molecule has 0 spiro atoms. The molecule has 0 amide bonds. The molecule has 2 atom stereocenters. The summed E-state index contributed by atoms with van der Waals surface area (Å²) >= 11 is 1.86. The van der Waals surface area contributed by atoms with Crippen LogP contribution in [0.5, 0.6) is 0 Å². The summed E-state index contributed by atoms with van der Waals surface area (Å²) < 4.78 is 5.96. The van der Waals surface area contributed by atoms with E-state index in [4.69, 9.17) is 9.72 Å². The molecule has 5 heteroatoms. The SMILES string of the molecule is CCNCc1sc(N2CCOC3CCCCC32)nc1C. The highest BCUT2D eigenvalue weighted by Gasteiger charge is 2.35. The second-order valence-corrected chi connectivity index (χ2v) is 6.80. The van der Waals surface area contributed by atoms with Gasteiger partial charge in [-0.2, -0.15) is 0 Å². The van der Waals surface area contributed by atoms with Crippen LogP contribution < -0.4 is 10.2 Å². The fraction of sp³-hybridized carbons (Fsp3) is 0.800. The van der Waals surface area contributed by atoms with E-state index in [0.717, 1.165) is 26.2 Å². The van der Waals surface area contributed by atoms with Crippen LogP contribution in [-0.2, 0) is 11.3 Å². The zero-order valence-electron chi connectivity index (χ0n) is 12.5. The highest BCUT2D eigenvalue weighted by Crippen LogP contribution is 2.35. The Morgan fingerprint density at radius 1 is 1.40 bits per heavy atom. The molecule has 0 radical (unpaired) electrons. The van der Waals surface area contributed by atoms with E-state index in [1.165, 1.54) is 41.4 Å². The lowest BCUT2D eigenvalue weighted by molar-refractivity contribution is -0.00869. The molecule has 1 N–H and O–H groups in total. The van der Waals surface area contributed by atoms with Crippen LogP contribution in [0.15, 0.2) is 0 Å². The van der Waals surface area contributed by atoms with Crippen molar-refractivity contribution in [1.82, 2.24) is 10.3 Å². The summed E-state index contributed by atoms with van der Waals surface area (Å²) in [6.07, 6.45) is 5.55. The number of rotatable bonds is 4. The van der Waals surface area contributed by atoms with Crippen molar-refractivity contribution in [1.29, 1.82) is 0 Å². The molecule has 2 unspecified atom stereocenters. The number of morpholine rings is 1. The van der Waals surface area contributed by atoms with Gasteiger partial charge in [0.25, 0.3) is 0 Å². The second kappa shape index (κ2) is 6.41. The largest absolute Gasteiger partial charge is 0.374 e. The van der Waals surface area contributed by atoms with E-state index < -0.39 is 0 Å². The average molecular weight is 295 g/mol. The highest BCUT2D eigenvalue weighted by atomic mass is 32.1. The first-order valence-corrected chi connectivity index (χ1v) is 8.66. The summed E-state index contributed by atoms with van der Waals surface area (Å²) in [5, 5.41) is 4.61. The van der Waals surface area contributed by atoms with Gasteiger partial charge in [0, 0.05) is 18.0 Å². The van der Waals surface area contributed by atoms with Crippen molar-refractivity contribution in [3.8, 4) is 0 Å². The lowest BCUT2D eigenvalue weighted by atomic mass is 9.90. The summed E-state index contributed by atoms with van der Waals surface area (Å²) in [6, 6.07) is 0.551. The molecule has 4 nitrogen and oxygen atoms in total. The number of thiazole rings is 1. The molecule has 1 aromatic rings. The molecule has 1 aliphatic heterocycles. The number of ether oxygens (including phenoxy) is 1. The minimum Gasteiger partial charge on any atom is -0.374 e. The van der Waals surface area contributed by atoms with Crippen molar-refractivity contribution in [2.45, 2.75) is 58.2 Å². The van der Waals surface area contributed by atoms with Crippen molar-refractivity contribution >= 4 is 16.5 Å². The van der Waals surface area contributed by atoms with Gasteiger partial charge in [-0.25, -0.2) is 4.98 Å². The summed E-state index contributed by atoms with van der Waals surface area (Å²) in [7, 11) is 0. The zero-order valence-corrected chi connectivity index (χ0v) is 13.3. The van der Waals surface area contributed by atoms with Crippen LogP contribution in [0.2, 0.25) is 0 Å². The Labute approximate surface area is 125 Å². The minimum atomic E-state index is 0.430. The van der Waals surface area contributed by atoms with E-state index in [1.54, 1.807) is 0 Å². The number of aryl methyl sites for hydroxylation is 1. The van der Waals surface area contributed by atoms with E-state index in [-0.39, 0.29) is 0 Å². The van der Waals surface area contributed by atoms with Crippen molar-refractivity contribution in [3.05, 3.63) is 10.6 Å². The van der Waals surface area contributed by atoms with Crippen LogP contribution in [0.3, 0.4) is 0 Å². The molecule has 20 heavy (non-hydrogen) atoms. The number of fused-ring (bicyclic) bond motifs is 1. The monoisotopic (exact) mass is 295 g/mol. The number of anilines is 1. The Morgan fingerprint density at radius 2 is 2.25 bits per heavy atom. The van der Waals surface area contributed by atoms with Crippen LogP contribution in [0.25, 0.3) is 0 Å². The Morgan fingerprint density at radius 3 is 3.10 bits per heavy atom. The number of hydrogen-bond donors (Lipinski definition) is 1. The van der Waals surface area contributed by atoms with Crippen LogP contribution in [0.4, 0.5) is 5.13 Å². The Kier molecular flexibility index (Phi) is 4.58. The van der Waals surface area contributed by atoms with Crippen molar-refractivity contribution in [2.75, 3.05) is 24.6 Å². The van der Waals surface area contributed by atoms with E-state index in [1.807, 2.05) is 11.3 Å². The molecule has 2 heterocycles. The minimum absolute atomic E-state index is 0.430. The Balaban J connectivity index is 1.77. The molecule has 0 bridgehead atoms. The van der Waals surface area contributed by atoms with Gasteiger partial charge in [0.2, 0.25) is 0 Å². The summed E-state index contributed by atoms with van der Waals surface area (Å²) in [4.78, 5) is 8.72. The number of nitrogens with zero attached hydrogens (tertiary/aromatic N) is 2. The topological polar surface area (TPSA) is 37.4 Å². The first-order valence-electron chi connectivity index (χ1n) is 7.85. The van der Waals surface area contributed by atoms with Gasteiger partial charge in [-0.05, 0) is 26.3 Å². The molecule has 3 rings (SSSR count). The fourth-order valence-corrected chi connectivity index (χ4v) is 4.39. The number of nitrogens with one attached hydrogen (secondary N) is 1. The zero-order chi connectivity index (χ0) is 13.9. The van der Waals surface area contributed by atoms with Crippen LogP contribution in [0, 0.1) is 6.92 Å². The summed E-state index contributed by atoms with van der Waals surface area (Å²) in [6.45, 7) is 8.07. The van der Waals surface area contributed by atoms with Crippen molar-refractivity contribution < 1.29 is 4.74 Å². The predicted molar refractivity (Wildman–Crippen MR) is 83.6 cm³/mol. The average Bonchev–Trinajstić information content (AvgIpc) is 2.85. The van der Waals surface area contributed by atoms with Gasteiger partial charge >= 0.3 is 0 Å². The molecular weight excluding hydrogens is 270 g/mol. The second-order valence-electron chi connectivity index (χ2n) is 5.74. The molecule has 0 aromatic carbocycles. The maximum absolute atomic E-state index is 5.96. The number of aromatic nitrogens is 1. The first kappa shape index (κ1) is 14.3. The summed E-state index contributed by atoms with van der Waals surface area (Å²) in [5.41, 5.74) is 1.19. The molecular formula is C15H25N3OS. The normalized spacial score (nSPS) is 26.6. The van der Waals surface area contributed by atoms with Crippen LogP contribution in [-0.4, -0.2) is 36.8 Å². The van der Waals surface area contributed by atoms with Gasteiger partial charge in [0.15, 0.2) is 5.13 Å². The van der Waals surface area contributed by atoms with Gasteiger partial charge in [0.1, 0.15) is 0 Å². The van der Waals surface area contributed by atoms with E-state index >= 15 is 0 Å². The van der Waals surface area contributed by atoms with E-state index in [2.05, 4.69) is 24.1 Å². The molecule has 112 valence electrons. The maximum Gasteiger partial charge on any atom is 0.186 e. The predicted octanol–water partition coefficient (Wildman–Crippen LogP) is 2.71. The van der Waals surface area contributed by atoms with Crippen molar-refractivity contribution in [3.63, 3.8) is 0 Å². The molecule has 2 fully saturated rings. The third-order valence-electron chi connectivity index (χ3n) is 4.39. The third kappa shape index (κ3) is 2.85.